The second-order valence-electron chi connectivity index (χ2n) is 3.68. The Morgan fingerprint density at radius 1 is 1.18 bits per heavy atom. The molecule has 1 aromatic carbocycles. The van der Waals surface area contributed by atoms with Gasteiger partial charge in [0.1, 0.15) is 0 Å². The monoisotopic (exact) mass is 225 g/mol. The molecule has 3 rings (SSSR count). The lowest BCUT2D eigenvalue weighted by Gasteiger charge is -2.24. The third-order valence-electron chi connectivity index (χ3n) is 2.56. The van der Waals surface area contributed by atoms with E-state index in [1.54, 1.807) is 17.3 Å². The molecule has 2 aromatic rings. The lowest BCUT2D eigenvalue weighted by molar-refractivity contribution is 0.703. The van der Waals surface area contributed by atoms with Gasteiger partial charge in [-0.15, -0.1) is 0 Å². The Kier molecular flexibility index (Phi) is 2.31. The number of rotatable bonds is 1. The number of benzene rings is 1. The highest BCUT2D eigenvalue weighted by molar-refractivity contribution is 5.77. The van der Waals surface area contributed by atoms with Gasteiger partial charge in [0, 0.05) is 12.4 Å². The zero-order valence-corrected chi connectivity index (χ0v) is 9.06. The first-order valence-corrected chi connectivity index (χ1v) is 5.30. The third kappa shape index (κ3) is 1.76. The Morgan fingerprint density at radius 2 is 2.00 bits per heavy atom. The summed E-state index contributed by atoms with van der Waals surface area (Å²) in [6.07, 6.45) is 6.61. The van der Waals surface area contributed by atoms with Crippen molar-refractivity contribution in [2.45, 2.75) is 6.29 Å². The molecule has 0 bridgehead atoms. The molecule has 5 heteroatoms. The Labute approximate surface area is 98.3 Å². The van der Waals surface area contributed by atoms with Crippen LogP contribution in [0.5, 0.6) is 0 Å². The van der Waals surface area contributed by atoms with E-state index in [1.165, 1.54) is 0 Å². The molecule has 1 aliphatic heterocycles. The lowest BCUT2D eigenvalue weighted by atomic mass is 10.3. The predicted molar refractivity (Wildman–Crippen MR) is 67.6 cm³/mol. The number of aliphatic imine (C=N–C) groups is 1. The van der Waals surface area contributed by atoms with Crippen LogP contribution in [0, 0.1) is 0 Å². The summed E-state index contributed by atoms with van der Waals surface area (Å²) >= 11 is 0. The summed E-state index contributed by atoms with van der Waals surface area (Å²) in [6, 6.07) is 7.73. The first-order chi connectivity index (χ1) is 8.34. The van der Waals surface area contributed by atoms with Gasteiger partial charge in [-0.05, 0) is 18.2 Å². The van der Waals surface area contributed by atoms with Gasteiger partial charge in [-0.25, -0.2) is 4.98 Å². The topological polar surface area (TPSA) is 67.4 Å². The van der Waals surface area contributed by atoms with Gasteiger partial charge in [0.2, 0.25) is 0 Å². The van der Waals surface area contributed by atoms with E-state index in [2.05, 4.69) is 15.0 Å². The van der Waals surface area contributed by atoms with Crippen molar-refractivity contribution < 1.29 is 0 Å². The quantitative estimate of drug-likeness (QED) is 0.793. The second-order valence-corrected chi connectivity index (χ2v) is 3.68. The molecule has 1 atom stereocenters. The largest absolute Gasteiger partial charge is 0.296 e. The van der Waals surface area contributed by atoms with Crippen LogP contribution in [0.2, 0.25) is 0 Å². The molecule has 17 heavy (non-hydrogen) atoms. The van der Waals surface area contributed by atoms with Crippen LogP contribution in [0.25, 0.3) is 11.0 Å². The maximum absolute atomic E-state index is 5.86. The van der Waals surface area contributed by atoms with E-state index in [-0.39, 0.29) is 0 Å². The number of allylic oxidation sites excluding steroid dienone is 1. The van der Waals surface area contributed by atoms with Crippen molar-refractivity contribution in [1.82, 2.24) is 9.97 Å². The molecule has 1 unspecified atom stereocenters. The SMILES string of the molecule is NC1N=CC=CN1c1cnc2ccccc2n1. The van der Waals surface area contributed by atoms with Crippen LogP contribution in [0.3, 0.4) is 0 Å². The highest BCUT2D eigenvalue weighted by atomic mass is 15.3. The molecule has 0 radical (unpaired) electrons. The van der Waals surface area contributed by atoms with E-state index in [1.807, 2.05) is 36.5 Å². The van der Waals surface area contributed by atoms with Gasteiger partial charge in [-0.3, -0.25) is 20.6 Å². The van der Waals surface area contributed by atoms with Crippen molar-refractivity contribution in [3.8, 4) is 0 Å². The molecule has 1 aromatic heterocycles. The molecular weight excluding hydrogens is 214 g/mol. The summed E-state index contributed by atoms with van der Waals surface area (Å²) in [5.41, 5.74) is 7.58. The molecular formula is C12H11N5. The molecule has 0 amide bonds. The highest BCUT2D eigenvalue weighted by Crippen LogP contribution is 2.17. The average Bonchev–Trinajstić information content (AvgIpc) is 2.39. The summed E-state index contributed by atoms with van der Waals surface area (Å²) in [4.78, 5) is 14.7. The predicted octanol–water partition coefficient (Wildman–Crippen LogP) is 1.28. The van der Waals surface area contributed by atoms with E-state index in [9.17, 15) is 0 Å². The van der Waals surface area contributed by atoms with E-state index in [0.29, 0.717) is 5.82 Å². The minimum absolute atomic E-state index is 0.435. The van der Waals surface area contributed by atoms with E-state index < -0.39 is 6.29 Å². The first-order valence-electron chi connectivity index (χ1n) is 5.30. The van der Waals surface area contributed by atoms with Gasteiger partial charge in [0.15, 0.2) is 12.1 Å². The Balaban J connectivity index is 2.06. The van der Waals surface area contributed by atoms with Crippen LogP contribution in [-0.2, 0) is 0 Å². The van der Waals surface area contributed by atoms with Crippen molar-refractivity contribution >= 4 is 23.1 Å². The second kappa shape index (κ2) is 3.95. The number of aromatic nitrogens is 2. The number of fused-ring (bicyclic) bond motifs is 1. The van der Waals surface area contributed by atoms with E-state index in [0.717, 1.165) is 11.0 Å². The molecule has 5 nitrogen and oxygen atoms in total. The van der Waals surface area contributed by atoms with Crippen molar-refractivity contribution in [1.29, 1.82) is 0 Å². The molecule has 0 fully saturated rings. The first kappa shape index (κ1) is 9.92. The van der Waals surface area contributed by atoms with Crippen molar-refractivity contribution in [2.24, 2.45) is 10.7 Å². The van der Waals surface area contributed by atoms with Gasteiger partial charge < -0.3 is 0 Å². The molecule has 0 spiro atoms. The fourth-order valence-electron chi connectivity index (χ4n) is 1.71. The summed E-state index contributed by atoms with van der Waals surface area (Å²) in [5.74, 6) is 0.698. The summed E-state index contributed by atoms with van der Waals surface area (Å²) in [5, 5.41) is 0. The number of nitrogens with zero attached hydrogens (tertiary/aromatic N) is 4. The normalized spacial score (nSPS) is 18.9. The smallest absolute Gasteiger partial charge is 0.178 e. The molecule has 0 aliphatic carbocycles. The van der Waals surface area contributed by atoms with Crippen molar-refractivity contribution in [3.05, 3.63) is 42.7 Å². The zero-order valence-electron chi connectivity index (χ0n) is 9.06. The summed E-state index contributed by atoms with van der Waals surface area (Å²) in [7, 11) is 0. The maximum atomic E-state index is 5.86. The van der Waals surface area contributed by atoms with Gasteiger partial charge in [-0.1, -0.05) is 12.1 Å². The van der Waals surface area contributed by atoms with Crippen molar-refractivity contribution in [3.63, 3.8) is 0 Å². The fraction of sp³-hybridized carbons (Fsp3) is 0.0833. The Bertz CT molecular complexity index is 605. The highest BCUT2D eigenvalue weighted by Gasteiger charge is 2.14. The van der Waals surface area contributed by atoms with Gasteiger partial charge in [-0.2, -0.15) is 0 Å². The average molecular weight is 225 g/mol. The maximum Gasteiger partial charge on any atom is 0.178 e. The van der Waals surface area contributed by atoms with Crippen LogP contribution >= 0.6 is 0 Å². The Hall–Kier alpha value is -2.27. The molecule has 84 valence electrons. The van der Waals surface area contributed by atoms with Crippen molar-refractivity contribution in [2.75, 3.05) is 4.90 Å². The fourth-order valence-corrected chi connectivity index (χ4v) is 1.71. The summed E-state index contributed by atoms with van der Waals surface area (Å²) in [6.45, 7) is 0. The number of hydrogen-bond acceptors (Lipinski definition) is 5. The van der Waals surface area contributed by atoms with Crippen LogP contribution in [0.4, 0.5) is 5.82 Å². The Morgan fingerprint density at radius 3 is 2.82 bits per heavy atom. The number of hydrogen-bond donors (Lipinski definition) is 1. The standard InChI is InChI=1S/C12H11N5/c13-12-14-6-3-7-17(12)11-8-15-9-4-1-2-5-10(9)16-11/h1-8,12H,13H2. The third-order valence-corrected chi connectivity index (χ3v) is 2.56. The molecule has 2 heterocycles. The van der Waals surface area contributed by atoms with Crippen LogP contribution in [0.15, 0.2) is 47.7 Å². The number of para-hydroxylation sites is 2. The zero-order chi connectivity index (χ0) is 11.7. The molecule has 1 aliphatic rings. The number of anilines is 1. The number of nitrogens with two attached hydrogens (primary N) is 1. The van der Waals surface area contributed by atoms with Gasteiger partial charge >= 0.3 is 0 Å². The van der Waals surface area contributed by atoms with E-state index >= 15 is 0 Å². The molecule has 0 saturated heterocycles. The minimum Gasteiger partial charge on any atom is -0.296 e. The van der Waals surface area contributed by atoms with E-state index in [4.69, 9.17) is 5.73 Å². The lowest BCUT2D eigenvalue weighted by Crippen LogP contribution is -2.38. The van der Waals surface area contributed by atoms with Gasteiger partial charge in [0.25, 0.3) is 0 Å². The van der Waals surface area contributed by atoms with Crippen LogP contribution in [-0.4, -0.2) is 22.5 Å². The van der Waals surface area contributed by atoms with Crippen LogP contribution < -0.4 is 10.6 Å². The van der Waals surface area contributed by atoms with Crippen LogP contribution in [0.1, 0.15) is 0 Å². The minimum atomic E-state index is -0.435. The summed E-state index contributed by atoms with van der Waals surface area (Å²) < 4.78 is 0. The molecule has 0 saturated carbocycles. The van der Waals surface area contributed by atoms with Gasteiger partial charge in [0.05, 0.1) is 17.2 Å². The molecule has 2 N–H and O–H groups in total.